The lowest BCUT2D eigenvalue weighted by Gasteiger charge is -2.34. The highest BCUT2D eigenvalue weighted by Crippen LogP contribution is 2.33. The Morgan fingerprint density at radius 2 is 1.63 bits per heavy atom. The van der Waals surface area contributed by atoms with Crippen LogP contribution in [0.3, 0.4) is 0 Å². The molecular formula is C32H39Cl2N3O5S. The largest absolute Gasteiger partial charge is 0.492 e. The molecule has 0 saturated carbocycles. The van der Waals surface area contributed by atoms with E-state index in [1.807, 2.05) is 20.8 Å². The number of hydrogen-bond donors (Lipinski definition) is 1. The molecule has 0 bridgehead atoms. The Balaban J connectivity index is 2.13. The van der Waals surface area contributed by atoms with Gasteiger partial charge in [0.15, 0.2) is 0 Å². The maximum atomic E-state index is 14.3. The minimum Gasteiger partial charge on any atom is -0.492 e. The second-order valence-electron chi connectivity index (χ2n) is 10.2. The van der Waals surface area contributed by atoms with Gasteiger partial charge in [-0.2, -0.15) is 0 Å². The van der Waals surface area contributed by atoms with Crippen LogP contribution in [-0.2, 0) is 26.2 Å². The van der Waals surface area contributed by atoms with Crippen molar-refractivity contribution in [3.05, 3.63) is 87.9 Å². The number of hydrogen-bond acceptors (Lipinski definition) is 5. The van der Waals surface area contributed by atoms with E-state index in [0.29, 0.717) is 34.2 Å². The van der Waals surface area contributed by atoms with Crippen molar-refractivity contribution in [3.63, 3.8) is 0 Å². The molecular weight excluding hydrogens is 609 g/mol. The number of aryl methyl sites for hydroxylation is 1. The monoisotopic (exact) mass is 647 g/mol. The number of benzene rings is 3. The maximum Gasteiger partial charge on any atom is 0.264 e. The van der Waals surface area contributed by atoms with E-state index in [9.17, 15) is 18.0 Å². The van der Waals surface area contributed by atoms with Crippen molar-refractivity contribution in [1.29, 1.82) is 0 Å². The summed E-state index contributed by atoms with van der Waals surface area (Å²) >= 11 is 12.6. The van der Waals surface area contributed by atoms with Crippen LogP contribution in [0.25, 0.3) is 0 Å². The number of nitrogens with one attached hydrogen (secondary N) is 1. The first-order valence-electron chi connectivity index (χ1n) is 14.3. The fraction of sp³-hybridized carbons (Fsp3) is 0.375. The number of halogens is 2. The Labute approximate surface area is 265 Å². The number of ether oxygens (including phenoxy) is 1. The molecule has 3 rings (SSSR count). The summed E-state index contributed by atoms with van der Waals surface area (Å²) in [7, 11) is -4.24. The van der Waals surface area contributed by atoms with Gasteiger partial charge in [0, 0.05) is 22.6 Å². The Morgan fingerprint density at radius 3 is 2.23 bits per heavy atom. The molecule has 43 heavy (non-hydrogen) atoms. The van der Waals surface area contributed by atoms with Crippen molar-refractivity contribution in [3.8, 4) is 5.75 Å². The molecule has 2 amide bonds. The summed E-state index contributed by atoms with van der Waals surface area (Å²) in [4.78, 5) is 29.2. The molecule has 0 aliphatic rings. The fourth-order valence-corrected chi connectivity index (χ4v) is 6.38. The Hall–Kier alpha value is -3.27. The van der Waals surface area contributed by atoms with E-state index >= 15 is 0 Å². The zero-order chi connectivity index (χ0) is 31.7. The molecule has 8 nitrogen and oxygen atoms in total. The van der Waals surface area contributed by atoms with Crippen LogP contribution in [0.5, 0.6) is 5.75 Å². The van der Waals surface area contributed by atoms with Crippen LogP contribution in [0.15, 0.2) is 71.6 Å². The van der Waals surface area contributed by atoms with Gasteiger partial charge in [0.2, 0.25) is 11.8 Å². The van der Waals surface area contributed by atoms with E-state index in [0.717, 1.165) is 9.87 Å². The van der Waals surface area contributed by atoms with Gasteiger partial charge in [-0.3, -0.25) is 13.9 Å². The number of carbonyl (C=O) groups is 2. The summed E-state index contributed by atoms with van der Waals surface area (Å²) in [6, 6.07) is 17.0. The van der Waals surface area contributed by atoms with Crippen LogP contribution in [-0.4, -0.2) is 50.4 Å². The first kappa shape index (κ1) is 34.2. The highest BCUT2D eigenvalue weighted by Gasteiger charge is 2.35. The number of nitrogens with zero attached hydrogens (tertiary/aromatic N) is 2. The Kier molecular flexibility index (Phi) is 12.3. The summed E-state index contributed by atoms with van der Waals surface area (Å²) in [6.07, 6.45) is 0.995. The van der Waals surface area contributed by atoms with Gasteiger partial charge in [-0.25, -0.2) is 8.42 Å². The molecule has 0 radical (unpaired) electrons. The summed E-state index contributed by atoms with van der Waals surface area (Å²) in [5.74, 6) is -0.612. The van der Waals surface area contributed by atoms with E-state index in [1.54, 1.807) is 68.4 Å². The summed E-state index contributed by atoms with van der Waals surface area (Å²) < 4.78 is 35.1. The third-order valence-electron chi connectivity index (χ3n) is 7.06. The van der Waals surface area contributed by atoms with Crippen LogP contribution < -0.4 is 14.4 Å². The van der Waals surface area contributed by atoms with Crippen molar-refractivity contribution in [2.24, 2.45) is 0 Å². The SMILES string of the molecule is CCOc1ccccc1N(CC(=O)N(Cc1ccc(Cl)cc1Cl)[C@H](CC)C(=O)N[C@@H](C)CC)S(=O)(=O)c1ccc(C)cc1. The van der Waals surface area contributed by atoms with E-state index in [-0.39, 0.29) is 35.7 Å². The van der Waals surface area contributed by atoms with Crippen LogP contribution in [0, 0.1) is 6.92 Å². The Bertz CT molecular complexity index is 1520. The van der Waals surface area contributed by atoms with Gasteiger partial charge >= 0.3 is 0 Å². The smallest absolute Gasteiger partial charge is 0.264 e. The van der Waals surface area contributed by atoms with Gasteiger partial charge in [0.05, 0.1) is 17.2 Å². The summed E-state index contributed by atoms with van der Waals surface area (Å²) in [5.41, 5.74) is 1.66. The average molecular weight is 649 g/mol. The molecule has 232 valence electrons. The number of rotatable bonds is 14. The quantitative estimate of drug-likeness (QED) is 0.212. The number of carbonyl (C=O) groups excluding carboxylic acids is 2. The molecule has 0 aliphatic heterocycles. The van der Waals surface area contributed by atoms with Crippen LogP contribution in [0.2, 0.25) is 10.0 Å². The van der Waals surface area contributed by atoms with Gasteiger partial charge in [0.1, 0.15) is 18.3 Å². The maximum absolute atomic E-state index is 14.3. The van der Waals surface area contributed by atoms with Crippen molar-refractivity contribution < 1.29 is 22.7 Å². The van der Waals surface area contributed by atoms with Gasteiger partial charge in [-0.05, 0) is 75.6 Å². The molecule has 2 atom stereocenters. The lowest BCUT2D eigenvalue weighted by Crippen LogP contribution is -2.53. The highest BCUT2D eigenvalue weighted by molar-refractivity contribution is 7.92. The Morgan fingerprint density at radius 1 is 0.953 bits per heavy atom. The minimum absolute atomic E-state index is 0.0195. The predicted octanol–water partition coefficient (Wildman–Crippen LogP) is 6.62. The molecule has 0 fully saturated rings. The summed E-state index contributed by atoms with van der Waals surface area (Å²) in [5, 5.41) is 3.71. The standard InChI is InChI=1S/C32H39Cl2N3O5S/c1-6-23(5)35-32(39)28(7-2)36(20-24-15-16-25(33)19-27(24)34)31(38)21-37(29-11-9-10-12-30(29)42-8-3)43(40,41)26-17-13-22(4)14-18-26/h9-19,23,28H,6-8,20-21H2,1-5H3,(H,35,39)/t23-,28+/m0/s1. The molecule has 3 aromatic carbocycles. The van der Waals surface area contributed by atoms with Gasteiger partial charge in [0.25, 0.3) is 10.0 Å². The number of anilines is 1. The number of sulfonamides is 1. The molecule has 3 aromatic rings. The topological polar surface area (TPSA) is 96.0 Å². The second kappa shape index (κ2) is 15.5. The van der Waals surface area contributed by atoms with Crippen molar-refractivity contribution in [2.75, 3.05) is 17.5 Å². The van der Waals surface area contributed by atoms with Gasteiger partial charge < -0.3 is 15.0 Å². The first-order valence-corrected chi connectivity index (χ1v) is 16.5. The zero-order valence-electron chi connectivity index (χ0n) is 25.1. The van der Waals surface area contributed by atoms with Crippen molar-refractivity contribution in [1.82, 2.24) is 10.2 Å². The highest BCUT2D eigenvalue weighted by atomic mass is 35.5. The third-order valence-corrected chi connectivity index (χ3v) is 9.43. The molecule has 0 aliphatic carbocycles. The molecule has 0 saturated heterocycles. The van der Waals surface area contributed by atoms with Gasteiger partial charge in [-0.1, -0.05) is 72.9 Å². The van der Waals surface area contributed by atoms with E-state index in [1.165, 1.54) is 17.0 Å². The van der Waals surface area contributed by atoms with Crippen molar-refractivity contribution in [2.45, 2.75) is 71.0 Å². The zero-order valence-corrected chi connectivity index (χ0v) is 27.5. The van der Waals surface area contributed by atoms with Gasteiger partial charge in [-0.15, -0.1) is 0 Å². The minimum atomic E-state index is -4.24. The fourth-order valence-electron chi connectivity index (χ4n) is 4.49. The van der Waals surface area contributed by atoms with Crippen molar-refractivity contribution >= 4 is 50.7 Å². The number of para-hydroxylation sites is 2. The van der Waals surface area contributed by atoms with Crippen LogP contribution >= 0.6 is 23.2 Å². The van der Waals surface area contributed by atoms with E-state index < -0.39 is 28.5 Å². The lowest BCUT2D eigenvalue weighted by molar-refractivity contribution is -0.140. The number of amides is 2. The normalized spacial score (nSPS) is 12.7. The van der Waals surface area contributed by atoms with Crippen LogP contribution in [0.1, 0.15) is 51.7 Å². The molecule has 11 heteroatoms. The predicted molar refractivity (Wildman–Crippen MR) is 172 cm³/mol. The second-order valence-corrected chi connectivity index (χ2v) is 12.9. The third kappa shape index (κ3) is 8.65. The molecule has 1 N–H and O–H groups in total. The molecule has 0 unspecified atom stereocenters. The summed E-state index contributed by atoms with van der Waals surface area (Å²) in [6.45, 7) is 8.95. The lowest BCUT2D eigenvalue weighted by atomic mass is 10.1. The van der Waals surface area contributed by atoms with E-state index in [4.69, 9.17) is 27.9 Å². The molecule has 0 aromatic heterocycles. The van der Waals surface area contributed by atoms with Crippen LogP contribution in [0.4, 0.5) is 5.69 Å². The molecule has 0 spiro atoms. The first-order chi connectivity index (χ1) is 20.4. The average Bonchev–Trinajstić information content (AvgIpc) is 2.97. The van der Waals surface area contributed by atoms with E-state index in [2.05, 4.69) is 5.32 Å². The molecule has 0 heterocycles.